The number of hydrogen-bond acceptors (Lipinski definition) is 3. The van der Waals surface area contributed by atoms with Crippen LogP contribution in [0.2, 0.25) is 0 Å². The molecule has 0 aromatic rings. The van der Waals surface area contributed by atoms with Crippen molar-refractivity contribution in [1.82, 2.24) is 4.52 Å². The summed E-state index contributed by atoms with van der Waals surface area (Å²) in [6.45, 7) is 0. The first-order valence-corrected chi connectivity index (χ1v) is 2.80. The van der Waals surface area contributed by atoms with Crippen molar-refractivity contribution >= 4 is 11.3 Å². The lowest BCUT2D eigenvalue weighted by Gasteiger charge is -1.96. The molecule has 0 rings (SSSR count). The molecule has 54 valence electrons. The third-order valence-corrected chi connectivity index (χ3v) is 0.798. The molecule has 1 N–H and O–H groups in total. The van der Waals surface area contributed by atoms with E-state index in [0.717, 1.165) is 0 Å². The van der Waals surface area contributed by atoms with Gasteiger partial charge in [-0.25, -0.2) is 0 Å². The van der Waals surface area contributed by atoms with E-state index >= 15 is 0 Å². The van der Waals surface area contributed by atoms with Gasteiger partial charge < -0.3 is 0 Å². The molecular weight excluding hydrogens is 162 g/mol. The Hall–Kier alpha value is -1.47. The first-order chi connectivity index (χ1) is 4.72. The van der Waals surface area contributed by atoms with E-state index in [1.54, 1.807) is 0 Å². The minimum Gasteiger partial charge on any atom is -0.271 e. The predicted molar refractivity (Wildman–Crippen MR) is 30.9 cm³/mol. The van der Waals surface area contributed by atoms with Gasteiger partial charge in [-0.05, 0) is 4.52 Å². The quantitative estimate of drug-likeness (QED) is 0.217. The number of hydrogen-bond donors (Lipinski definition) is 1. The Kier molecular flexibility index (Phi) is 3.76. The van der Waals surface area contributed by atoms with E-state index in [9.17, 15) is 4.21 Å². The minimum atomic E-state index is -2.61. The fourth-order valence-corrected chi connectivity index (χ4v) is 0.339. The van der Waals surface area contributed by atoms with E-state index in [2.05, 4.69) is 20.3 Å². The molecule has 1 atom stereocenters. The second-order valence-corrected chi connectivity index (χ2v) is 1.63. The molecule has 0 aromatic heterocycles. The fourth-order valence-electron chi connectivity index (χ4n) is 0.149. The second kappa shape index (κ2) is 4.41. The van der Waals surface area contributed by atoms with E-state index in [4.69, 9.17) is 15.6 Å². The molecule has 0 aromatic carbocycles. The summed E-state index contributed by atoms with van der Waals surface area (Å²) in [4.78, 5) is 4.22. The standard InChI is InChI=1S/HN7O2S/c1-3-5-7(6-4-2)10(8)9/h(H,8,9). The van der Waals surface area contributed by atoms with Crippen LogP contribution < -0.4 is 0 Å². The average molecular weight is 163 g/mol. The summed E-state index contributed by atoms with van der Waals surface area (Å²) in [5.41, 5.74) is 15.4. The molecule has 9 nitrogen and oxygen atoms in total. The Morgan fingerprint density at radius 2 is 1.80 bits per heavy atom. The van der Waals surface area contributed by atoms with Crippen LogP contribution in [0.15, 0.2) is 10.4 Å². The zero-order chi connectivity index (χ0) is 7.98. The minimum absolute atomic E-state index is 0.0278. The largest absolute Gasteiger partial charge is 0.366 e. The molecule has 0 aliphatic rings. The third kappa shape index (κ3) is 2.74. The zero-order valence-electron chi connectivity index (χ0n) is 4.39. The number of rotatable bonds is 3. The van der Waals surface area contributed by atoms with E-state index in [1.807, 2.05) is 0 Å². The van der Waals surface area contributed by atoms with E-state index in [1.165, 1.54) is 0 Å². The van der Waals surface area contributed by atoms with Crippen molar-refractivity contribution in [1.29, 1.82) is 0 Å². The van der Waals surface area contributed by atoms with Crippen LogP contribution in [-0.2, 0) is 11.3 Å². The summed E-state index contributed by atoms with van der Waals surface area (Å²) in [7, 11) is 0. The van der Waals surface area contributed by atoms with E-state index < -0.39 is 11.3 Å². The lowest BCUT2D eigenvalue weighted by atomic mass is 12.4. The van der Waals surface area contributed by atoms with Gasteiger partial charge in [0, 0.05) is 10.4 Å². The lowest BCUT2D eigenvalue weighted by molar-refractivity contribution is 0.421. The van der Waals surface area contributed by atoms with Crippen LogP contribution in [0, 0.1) is 0 Å². The van der Waals surface area contributed by atoms with Crippen molar-refractivity contribution in [2.45, 2.75) is 0 Å². The summed E-state index contributed by atoms with van der Waals surface area (Å²) in [6.07, 6.45) is 0. The normalized spacial score (nSPS) is 10.5. The Labute approximate surface area is 56.9 Å². The first kappa shape index (κ1) is 8.53. The zero-order valence-corrected chi connectivity index (χ0v) is 5.21. The van der Waals surface area contributed by atoms with Gasteiger partial charge in [0.05, 0.1) is 0 Å². The molecule has 0 aliphatic heterocycles. The maximum atomic E-state index is 9.99. The highest BCUT2D eigenvalue weighted by atomic mass is 32.2. The fraction of sp³-hybridized carbons (Fsp3) is 0. The van der Waals surface area contributed by atoms with Gasteiger partial charge in [0.15, 0.2) is 0 Å². The van der Waals surface area contributed by atoms with Crippen molar-refractivity contribution in [3.05, 3.63) is 20.9 Å². The summed E-state index contributed by atoms with van der Waals surface area (Å²) in [6, 6.07) is 0. The molecule has 10 heavy (non-hydrogen) atoms. The molecule has 0 fully saturated rings. The summed E-state index contributed by atoms with van der Waals surface area (Å²) >= 11 is -2.61. The molecule has 0 amide bonds. The summed E-state index contributed by atoms with van der Waals surface area (Å²) < 4.78 is 18.1. The van der Waals surface area contributed by atoms with E-state index in [0.29, 0.717) is 0 Å². The van der Waals surface area contributed by atoms with Gasteiger partial charge in [-0.2, -0.15) is 14.0 Å². The third-order valence-electron chi connectivity index (χ3n) is 0.373. The summed E-state index contributed by atoms with van der Waals surface area (Å²) in [5, 5.41) is 5.11. The van der Waals surface area contributed by atoms with Crippen LogP contribution in [0.25, 0.3) is 20.9 Å². The molecule has 1 unspecified atom stereocenters. The van der Waals surface area contributed by atoms with Crippen molar-refractivity contribution < 1.29 is 8.76 Å². The summed E-state index contributed by atoms with van der Waals surface area (Å²) in [5.74, 6) is 0. The first-order valence-electron chi connectivity index (χ1n) is 1.73. The topological polar surface area (TPSA) is 138 Å². The Balaban J connectivity index is 4.40. The monoisotopic (exact) mass is 163 g/mol. The highest BCUT2D eigenvalue weighted by Gasteiger charge is 2.05. The highest BCUT2D eigenvalue weighted by molar-refractivity contribution is 7.76. The number of nitrogens with zero attached hydrogens (tertiary/aromatic N) is 7. The van der Waals surface area contributed by atoms with Gasteiger partial charge in [-0.15, -0.1) is 11.1 Å². The average Bonchev–Trinajstić information content (AvgIpc) is 1.87. The van der Waals surface area contributed by atoms with Gasteiger partial charge in [0.2, 0.25) is 0 Å². The molecule has 0 saturated carbocycles. The van der Waals surface area contributed by atoms with Crippen LogP contribution in [0.5, 0.6) is 0 Å². The van der Waals surface area contributed by atoms with Crippen molar-refractivity contribution in [2.24, 2.45) is 10.4 Å². The maximum absolute atomic E-state index is 9.99. The van der Waals surface area contributed by atoms with Crippen LogP contribution >= 0.6 is 0 Å². The number of azide groups is 1. The van der Waals surface area contributed by atoms with Gasteiger partial charge >= 0.3 is 11.3 Å². The van der Waals surface area contributed by atoms with Crippen LogP contribution in [0.4, 0.5) is 0 Å². The molecule has 0 radical (unpaired) electrons. The molecule has 0 heterocycles. The lowest BCUT2D eigenvalue weighted by Crippen LogP contribution is -2.09. The Morgan fingerprint density at radius 1 is 1.40 bits per heavy atom. The Bertz CT molecular complexity index is 199. The van der Waals surface area contributed by atoms with Crippen LogP contribution in [0.3, 0.4) is 0 Å². The molecule has 0 saturated heterocycles. The molecule has 0 spiro atoms. The predicted octanol–water partition coefficient (Wildman–Crippen LogP) is 0.876. The van der Waals surface area contributed by atoms with Gasteiger partial charge in [-0.3, -0.25) is 4.55 Å². The highest BCUT2D eigenvalue weighted by Crippen LogP contribution is 1.94. The SMILES string of the molecule is [N-]=[N+]=NN(N=[N+]=[N-])S(=O)O. The van der Waals surface area contributed by atoms with Crippen LogP contribution in [-0.4, -0.2) is 13.3 Å². The molecule has 0 aliphatic carbocycles. The van der Waals surface area contributed by atoms with Crippen molar-refractivity contribution in [3.63, 3.8) is 0 Å². The van der Waals surface area contributed by atoms with Gasteiger partial charge in [-0.1, -0.05) is 0 Å². The molecule has 10 heteroatoms. The van der Waals surface area contributed by atoms with Crippen molar-refractivity contribution in [2.75, 3.05) is 0 Å². The van der Waals surface area contributed by atoms with E-state index in [-0.39, 0.29) is 4.52 Å². The second-order valence-electron chi connectivity index (χ2n) is 0.841. The smallest absolute Gasteiger partial charge is 0.271 e. The Morgan fingerprint density at radius 3 is 2.00 bits per heavy atom. The molecular formula is HN7O2S. The van der Waals surface area contributed by atoms with Crippen molar-refractivity contribution in [3.8, 4) is 0 Å². The van der Waals surface area contributed by atoms with Gasteiger partial charge in [0.25, 0.3) is 0 Å². The maximum Gasteiger partial charge on any atom is 0.366 e. The molecule has 0 bridgehead atoms. The van der Waals surface area contributed by atoms with Gasteiger partial charge in [0.1, 0.15) is 0 Å². The van der Waals surface area contributed by atoms with Crippen LogP contribution in [0.1, 0.15) is 0 Å².